The van der Waals surface area contributed by atoms with Crippen LogP contribution in [0.15, 0.2) is 34.9 Å². The van der Waals surface area contributed by atoms with Gasteiger partial charge in [-0.05, 0) is 48.2 Å². The smallest absolute Gasteiger partial charge is 0.220 e. The number of aromatic hydroxyl groups is 1. The van der Waals surface area contributed by atoms with Crippen LogP contribution >= 0.6 is 0 Å². The second-order valence-electron chi connectivity index (χ2n) is 7.30. The number of aliphatic hydroxyl groups excluding tert-OH is 1. The fourth-order valence-corrected chi connectivity index (χ4v) is 3.36. The monoisotopic (exact) mass is 434 g/mol. The van der Waals surface area contributed by atoms with E-state index in [2.05, 4.69) is 9.88 Å². The quantitative estimate of drug-likeness (QED) is 0.415. The summed E-state index contributed by atoms with van der Waals surface area (Å²) in [6.45, 7) is 6.61. The lowest BCUT2D eigenvalue weighted by Gasteiger charge is -2.13. The maximum atomic E-state index is 11.8. The SMILES string of the molecule is Cc1cc2c(N[S+]([O-])CCO)noc2cc1COc1ccc(OCC(C)C)c(O)c1. The van der Waals surface area contributed by atoms with E-state index in [1.165, 1.54) is 6.07 Å². The van der Waals surface area contributed by atoms with Crippen molar-refractivity contribution in [3.05, 3.63) is 41.5 Å². The molecule has 1 aromatic heterocycles. The van der Waals surface area contributed by atoms with Gasteiger partial charge in [-0.1, -0.05) is 19.0 Å². The Morgan fingerprint density at radius 3 is 2.73 bits per heavy atom. The number of aryl methyl sites for hydroxylation is 1. The number of aromatic nitrogens is 1. The normalized spacial score (nSPS) is 12.3. The first-order chi connectivity index (χ1) is 14.4. The summed E-state index contributed by atoms with van der Waals surface area (Å²) in [5.41, 5.74) is 2.37. The first-order valence-electron chi connectivity index (χ1n) is 9.60. The standard InChI is InChI=1S/C21H26N2O6S/c1-13(2)11-28-19-5-4-16(10-18(19)25)27-12-15-9-20-17(8-14(15)3)21(22-29-20)23-30(26)7-6-24/h4-5,8-10,13,24-25H,6-7,11-12H2,1-3H3,(H,22,23). The van der Waals surface area contributed by atoms with Gasteiger partial charge in [-0.15, -0.1) is 0 Å². The third kappa shape index (κ3) is 5.50. The van der Waals surface area contributed by atoms with E-state index in [1.54, 1.807) is 12.1 Å². The molecule has 1 atom stereocenters. The third-order valence-electron chi connectivity index (χ3n) is 4.31. The molecule has 0 radical (unpaired) electrons. The van der Waals surface area contributed by atoms with Crippen molar-refractivity contribution in [3.8, 4) is 17.2 Å². The molecule has 9 heteroatoms. The number of aliphatic hydroxyl groups is 1. The van der Waals surface area contributed by atoms with Gasteiger partial charge in [-0.25, -0.2) is 0 Å². The average Bonchev–Trinajstić information content (AvgIpc) is 3.06. The summed E-state index contributed by atoms with van der Waals surface area (Å²) in [4.78, 5) is 0. The topological polar surface area (TPSA) is 120 Å². The third-order valence-corrected chi connectivity index (χ3v) is 5.29. The summed E-state index contributed by atoms with van der Waals surface area (Å²) in [7, 11) is 0. The minimum Gasteiger partial charge on any atom is -0.593 e. The predicted octanol–water partition coefficient (Wildman–Crippen LogP) is 3.52. The first kappa shape index (κ1) is 22.1. The van der Waals surface area contributed by atoms with Gasteiger partial charge in [0.25, 0.3) is 0 Å². The zero-order valence-corrected chi connectivity index (χ0v) is 18.0. The molecule has 30 heavy (non-hydrogen) atoms. The van der Waals surface area contributed by atoms with Crippen LogP contribution < -0.4 is 14.2 Å². The molecule has 0 spiro atoms. The van der Waals surface area contributed by atoms with E-state index in [9.17, 15) is 9.66 Å². The van der Waals surface area contributed by atoms with Gasteiger partial charge >= 0.3 is 0 Å². The molecular weight excluding hydrogens is 408 g/mol. The Morgan fingerprint density at radius 1 is 1.23 bits per heavy atom. The number of rotatable bonds is 10. The summed E-state index contributed by atoms with van der Waals surface area (Å²) in [5.74, 6) is 1.81. The van der Waals surface area contributed by atoms with Crippen LogP contribution in [0.1, 0.15) is 25.0 Å². The highest BCUT2D eigenvalue weighted by atomic mass is 32.2. The average molecular weight is 435 g/mol. The Morgan fingerprint density at radius 2 is 2.03 bits per heavy atom. The highest BCUT2D eigenvalue weighted by Crippen LogP contribution is 2.32. The molecule has 3 N–H and O–H groups in total. The second-order valence-corrected chi connectivity index (χ2v) is 8.61. The van der Waals surface area contributed by atoms with E-state index in [4.69, 9.17) is 19.1 Å². The summed E-state index contributed by atoms with van der Waals surface area (Å²) in [6.07, 6.45) is 0. The van der Waals surface area contributed by atoms with Crippen molar-refractivity contribution in [3.63, 3.8) is 0 Å². The van der Waals surface area contributed by atoms with Gasteiger partial charge in [0.05, 0.1) is 30.0 Å². The van der Waals surface area contributed by atoms with Gasteiger partial charge in [0, 0.05) is 6.07 Å². The molecule has 0 aliphatic rings. The molecule has 1 heterocycles. The Labute approximate surface area is 178 Å². The van der Waals surface area contributed by atoms with Gasteiger partial charge in [0.2, 0.25) is 5.82 Å². The zero-order chi connectivity index (χ0) is 21.7. The minimum absolute atomic E-state index is 0.0298. The van der Waals surface area contributed by atoms with E-state index >= 15 is 0 Å². The largest absolute Gasteiger partial charge is 0.593 e. The van der Waals surface area contributed by atoms with Crippen molar-refractivity contribution in [2.45, 2.75) is 27.4 Å². The molecule has 0 bridgehead atoms. The number of hydrogen-bond donors (Lipinski definition) is 3. The number of fused-ring (bicyclic) bond motifs is 1. The molecule has 3 aromatic rings. The minimum atomic E-state index is -1.44. The van der Waals surface area contributed by atoms with Gasteiger partial charge in [0.15, 0.2) is 22.8 Å². The fraction of sp³-hybridized carbons (Fsp3) is 0.381. The van der Waals surface area contributed by atoms with Crippen LogP contribution in [0.2, 0.25) is 0 Å². The predicted molar refractivity (Wildman–Crippen MR) is 115 cm³/mol. The van der Waals surface area contributed by atoms with Gasteiger partial charge in [-0.2, -0.15) is 4.72 Å². The van der Waals surface area contributed by atoms with Crippen molar-refractivity contribution in [2.24, 2.45) is 5.92 Å². The zero-order valence-electron chi connectivity index (χ0n) is 17.2. The molecule has 162 valence electrons. The highest BCUT2D eigenvalue weighted by molar-refractivity contribution is 7.92. The van der Waals surface area contributed by atoms with E-state index < -0.39 is 11.4 Å². The number of ether oxygens (including phenoxy) is 2. The summed E-state index contributed by atoms with van der Waals surface area (Å²) in [5, 5.41) is 23.6. The van der Waals surface area contributed by atoms with Crippen LogP contribution in [-0.2, 0) is 18.0 Å². The van der Waals surface area contributed by atoms with Crippen LogP contribution in [0.3, 0.4) is 0 Å². The first-order valence-corrected chi connectivity index (χ1v) is 10.9. The van der Waals surface area contributed by atoms with Crippen LogP contribution in [0, 0.1) is 12.8 Å². The summed E-state index contributed by atoms with van der Waals surface area (Å²) >= 11 is -1.44. The van der Waals surface area contributed by atoms with Crippen molar-refractivity contribution in [1.82, 2.24) is 5.16 Å². The van der Waals surface area contributed by atoms with E-state index in [-0.39, 0.29) is 24.7 Å². The van der Waals surface area contributed by atoms with E-state index in [1.807, 2.05) is 32.9 Å². The van der Waals surface area contributed by atoms with Gasteiger partial charge < -0.3 is 28.8 Å². The van der Waals surface area contributed by atoms with Crippen molar-refractivity contribution < 1.29 is 28.8 Å². The lowest BCUT2D eigenvalue weighted by Crippen LogP contribution is -2.19. The highest BCUT2D eigenvalue weighted by Gasteiger charge is 2.16. The number of phenols is 1. The number of nitrogens with one attached hydrogen (secondary N) is 1. The van der Waals surface area contributed by atoms with Crippen molar-refractivity contribution in [1.29, 1.82) is 0 Å². The van der Waals surface area contributed by atoms with Gasteiger partial charge in [-0.3, -0.25) is 0 Å². The molecule has 0 saturated heterocycles. The molecule has 0 saturated carbocycles. The molecule has 3 rings (SSSR count). The Kier molecular flexibility index (Phi) is 7.30. The second kappa shape index (κ2) is 9.92. The maximum absolute atomic E-state index is 11.8. The van der Waals surface area contributed by atoms with Crippen LogP contribution in [0.5, 0.6) is 17.2 Å². The molecule has 1 unspecified atom stereocenters. The number of anilines is 1. The van der Waals surface area contributed by atoms with E-state index in [0.29, 0.717) is 40.8 Å². The number of phenolic OH excluding ortho intramolecular Hbond substituents is 1. The molecule has 0 fully saturated rings. The van der Waals surface area contributed by atoms with Gasteiger partial charge in [0.1, 0.15) is 12.4 Å². The summed E-state index contributed by atoms with van der Waals surface area (Å²) in [6, 6.07) is 8.65. The molecular formula is C21H26N2O6S. The molecule has 0 amide bonds. The fourth-order valence-electron chi connectivity index (χ4n) is 2.73. The number of nitrogens with zero attached hydrogens (tertiary/aromatic N) is 1. The maximum Gasteiger partial charge on any atom is 0.220 e. The van der Waals surface area contributed by atoms with Crippen molar-refractivity contribution in [2.75, 3.05) is 23.7 Å². The van der Waals surface area contributed by atoms with Crippen LogP contribution in [0.25, 0.3) is 11.0 Å². The molecule has 0 aliphatic heterocycles. The molecule has 0 aliphatic carbocycles. The van der Waals surface area contributed by atoms with Crippen molar-refractivity contribution >= 4 is 28.1 Å². The molecule has 8 nitrogen and oxygen atoms in total. The lowest BCUT2D eigenvalue weighted by atomic mass is 10.1. The molecule has 2 aromatic carbocycles. The van der Waals surface area contributed by atoms with Crippen LogP contribution in [0.4, 0.5) is 5.82 Å². The Hall–Kier alpha value is -2.62. The number of hydrogen-bond acceptors (Lipinski definition) is 8. The Balaban J connectivity index is 1.69. The Bertz CT molecular complexity index is 991. The number of benzene rings is 2. The summed E-state index contributed by atoms with van der Waals surface area (Å²) < 4.78 is 31.2. The lowest BCUT2D eigenvalue weighted by molar-refractivity contribution is 0.257. The van der Waals surface area contributed by atoms with E-state index in [0.717, 1.165) is 11.1 Å². The van der Waals surface area contributed by atoms with Crippen LogP contribution in [-0.4, -0.2) is 38.9 Å².